The summed E-state index contributed by atoms with van der Waals surface area (Å²) in [5.74, 6) is 1.62. The first kappa shape index (κ1) is 19.2. The van der Waals surface area contributed by atoms with Gasteiger partial charge in [0.25, 0.3) is 0 Å². The molecule has 1 aliphatic heterocycles. The molecule has 0 spiro atoms. The van der Waals surface area contributed by atoms with E-state index >= 15 is 0 Å². The van der Waals surface area contributed by atoms with E-state index in [-0.39, 0.29) is 0 Å². The topological polar surface area (TPSA) is 44.3 Å². The number of nitrogens with zero attached hydrogens (tertiary/aromatic N) is 4. The van der Waals surface area contributed by atoms with Gasteiger partial charge in [-0.1, -0.05) is 54.6 Å². The second kappa shape index (κ2) is 9.34. The van der Waals surface area contributed by atoms with Gasteiger partial charge >= 0.3 is 0 Å². The van der Waals surface area contributed by atoms with Gasteiger partial charge in [-0.05, 0) is 36.2 Å². The number of aryl methyl sites for hydroxylation is 1. The molecule has 0 amide bonds. The maximum absolute atomic E-state index is 4.72. The molecule has 0 unspecified atom stereocenters. The van der Waals surface area contributed by atoms with E-state index in [0.29, 0.717) is 5.95 Å². The number of aromatic nitrogens is 2. The van der Waals surface area contributed by atoms with Gasteiger partial charge in [-0.15, -0.1) is 0 Å². The van der Waals surface area contributed by atoms with Gasteiger partial charge in [-0.25, -0.2) is 4.98 Å². The maximum Gasteiger partial charge on any atom is 0.229 e. The van der Waals surface area contributed by atoms with Gasteiger partial charge in [0.2, 0.25) is 5.95 Å². The van der Waals surface area contributed by atoms with Crippen LogP contribution in [-0.2, 0) is 0 Å². The van der Waals surface area contributed by atoms with Crippen molar-refractivity contribution in [3.63, 3.8) is 0 Å². The molecule has 1 N–H and O–H groups in total. The van der Waals surface area contributed by atoms with Crippen molar-refractivity contribution in [1.29, 1.82) is 0 Å². The lowest BCUT2D eigenvalue weighted by Crippen LogP contribution is -2.46. The highest BCUT2D eigenvalue weighted by atomic mass is 15.3. The quantitative estimate of drug-likeness (QED) is 0.683. The predicted octanol–water partition coefficient (Wildman–Crippen LogP) is 4.36. The van der Waals surface area contributed by atoms with E-state index in [4.69, 9.17) is 4.98 Å². The zero-order chi connectivity index (χ0) is 19.9. The number of nitrogens with one attached hydrogen (secondary N) is 1. The summed E-state index contributed by atoms with van der Waals surface area (Å²) in [7, 11) is 0. The van der Waals surface area contributed by atoms with Gasteiger partial charge in [0, 0.05) is 44.6 Å². The fraction of sp³-hybridized carbons (Fsp3) is 0.250. The van der Waals surface area contributed by atoms with Crippen LogP contribution in [0, 0.1) is 6.92 Å². The van der Waals surface area contributed by atoms with E-state index < -0.39 is 0 Å². The van der Waals surface area contributed by atoms with Gasteiger partial charge in [0.15, 0.2) is 0 Å². The monoisotopic (exact) mass is 385 g/mol. The summed E-state index contributed by atoms with van der Waals surface area (Å²) in [6.07, 6.45) is 6.27. The Kier molecular flexibility index (Phi) is 6.17. The first-order valence-corrected chi connectivity index (χ1v) is 10.1. The highest BCUT2D eigenvalue weighted by molar-refractivity contribution is 5.56. The number of benzene rings is 2. The second-order valence-electron chi connectivity index (χ2n) is 7.33. The first-order valence-electron chi connectivity index (χ1n) is 10.1. The Hall–Kier alpha value is -3.18. The molecule has 4 rings (SSSR count). The van der Waals surface area contributed by atoms with Crippen LogP contribution in [0.2, 0.25) is 0 Å². The van der Waals surface area contributed by atoms with Gasteiger partial charge in [0.05, 0.1) is 0 Å². The molecule has 0 radical (unpaired) electrons. The van der Waals surface area contributed by atoms with Gasteiger partial charge in [-0.3, -0.25) is 4.90 Å². The van der Waals surface area contributed by atoms with Crippen LogP contribution in [-0.4, -0.2) is 47.6 Å². The average Bonchev–Trinajstić information content (AvgIpc) is 2.75. The van der Waals surface area contributed by atoms with Crippen molar-refractivity contribution < 1.29 is 0 Å². The number of anilines is 3. The van der Waals surface area contributed by atoms with E-state index in [1.165, 1.54) is 11.1 Å². The smallest absolute Gasteiger partial charge is 0.229 e. The summed E-state index contributed by atoms with van der Waals surface area (Å²) in [6.45, 7) is 7.07. The van der Waals surface area contributed by atoms with Crippen LogP contribution >= 0.6 is 0 Å². The summed E-state index contributed by atoms with van der Waals surface area (Å²) >= 11 is 0. The SMILES string of the molecule is Cc1cccc(Nc2nccc(N3CCN(C/C=C/c4ccccc4)CC3)n2)c1. The number of hydrogen-bond acceptors (Lipinski definition) is 5. The minimum absolute atomic E-state index is 0.640. The lowest BCUT2D eigenvalue weighted by atomic mass is 10.2. The van der Waals surface area contributed by atoms with Crippen molar-refractivity contribution in [3.05, 3.63) is 84.1 Å². The van der Waals surface area contributed by atoms with Crippen LogP contribution in [0.4, 0.5) is 17.5 Å². The molecule has 0 saturated carbocycles. The minimum Gasteiger partial charge on any atom is -0.354 e. The molecule has 1 aromatic heterocycles. The van der Waals surface area contributed by atoms with Crippen molar-refractivity contribution >= 4 is 23.5 Å². The Labute approximate surface area is 172 Å². The molecule has 2 heterocycles. The Bertz CT molecular complexity index is 946. The van der Waals surface area contributed by atoms with E-state index in [2.05, 4.69) is 75.6 Å². The summed E-state index contributed by atoms with van der Waals surface area (Å²) in [6, 6.07) is 20.7. The Morgan fingerprint density at radius 2 is 1.79 bits per heavy atom. The standard InChI is InChI=1S/C24H27N5/c1-20-7-5-11-22(19-20)26-24-25-13-12-23(27-24)29-17-15-28(16-18-29)14-6-10-21-8-3-2-4-9-21/h2-13,19H,14-18H2,1H3,(H,25,26,27)/b10-6+. The third-order valence-corrected chi connectivity index (χ3v) is 5.08. The summed E-state index contributed by atoms with van der Waals surface area (Å²) in [4.78, 5) is 13.9. The van der Waals surface area contributed by atoms with Gasteiger partial charge in [-0.2, -0.15) is 4.98 Å². The predicted molar refractivity (Wildman–Crippen MR) is 121 cm³/mol. The zero-order valence-electron chi connectivity index (χ0n) is 16.8. The molecule has 2 aromatic carbocycles. The lowest BCUT2D eigenvalue weighted by Gasteiger charge is -2.34. The Morgan fingerprint density at radius 1 is 0.966 bits per heavy atom. The van der Waals surface area contributed by atoms with Crippen molar-refractivity contribution in [2.24, 2.45) is 0 Å². The van der Waals surface area contributed by atoms with E-state index in [1.54, 1.807) is 0 Å². The van der Waals surface area contributed by atoms with Crippen LogP contribution in [0.5, 0.6) is 0 Å². The molecule has 1 fully saturated rings. The molecule has 0 atom stereocenters. The highest BCUT2D eigenvalue weighted by Crippen LogP contribution is 2.18. The minimum atomic E-state index is 0.640. The van der Waals surface area contributed by atoms with E-state index in [1.807, 2.05) is 30.5 Å². The number of rotatable bonds is 6. The van der Waals surface area contributed by atoms with Crippen molar-refractivity contribution in [3.8, 4) is 0 Å². The molecule has 0 bridgehead atoms. The largest absolute Gasteiger partial charge is 0.354 e. The molecular weight excluding hydrogens is 358 g/mol. The fourth-order valence-electron chi connectivity index (χ4n) is 3.50. The highest BCUT2D eigenvalue weighted by Gasteiger charge is 2.17. The zero-order valence-corrected chi connectivity index (χ0v) is 16.8. The van der Waals surface area contributed by atoms with Crippen molar-refractivity contribution in [2.75, 3.05) is 42.9 Å². The molecule has 0 aliphatic carbocycles. The molecule has 29 heavy (non-hydrogen) atoms. The Balaban J connectivity index is 1.31. The van der Waals surface area contributed by atoms with Crippen LogP contribution < -0.4 is 10.2 Å². The number of piperazine rings is 1. The molecular formula is C24H27N5. The second-order valence-corrected chi connectivity index (χ2v) is 7.33. The lowest BCUT2D eigenvalue weighted by molar-refractivity contribution is 0.283. The van der Waals surface area contributed by atoms with Crippen LogP contribution in [0.15, 0.2) is 72.9 Å². The first-order chi connectivity index (χ1) is 14.3. The number of hydrogen-bond donors (Lipinski definition) is 1. The van der Waals surface area contributed by atoms with Crippen molar-refractivity contribution in [2.45, 2.75) is 6.92 Å². The summed E-state index contributed by atoms with van der Waals surface area (Å²) in [5, 5.41) is 3.31. The average molecular weight is 386 g/mol. The summed E-state index contributed by atoms with van der Waals surface area (Å²) < 4.78 is 0. The van der Waals surface area contributed by atoms with Crippen LogP contribution in [0.3, 0.4) is 0 Å². The maximum atomic E-state index is 4.72. The Morgan fingerprint density at radius 3 is 2.59 bits per heavy atom. The van der Waals surface area contributed by atoms with Crippen LogP contribution in [0.25, 0.3) is 6.08 Å². The normalized spacial score (nSPS) is 15.0. The fourth-order valence-corrected chi connectivity index (χ4v) is 3.50. The van der Waals surface area contributed by atoms with Gasteiger partial charge in [0.1, 0.15) is 5.82 Å². The summed E-state index contributed by atoms with van der Waals surface area (Å²) in [5.41, 5.74) is 3.47. The third kappa shape index (κ3) is 5.42. The molecule has 5 nitrogen and oxygen atoms in total. The molecule has 1 saturated heterocycles. The van der Waals surface area contributed by atoms with E-state index in [9.17, 15) is 0 Å². The van der Waals surface area contributed by atoms with Crippen molar-refractivity contribution in [1.82, 2.24) is 14.9 Å². The van der Waals surface area contributed by atoms with Crippen LogP contribution in [0.1, 0.15) is 11.1 Å². The molecule has 5 heteroatoms. The molecule has 3 aromatic rings. The third-order valence-electron chi connectivity index (χ3n) is 5.08. The molecule has 148 valence electrons. The van der Waals surface area contributed by atoms with Gasteiger partial charge < -0.3 is 10.2 Å². The molecule has 1 aliphatic rings. The van der Waals surface area contributed by atoms with E-state index in [0.717, 1.165) is 44.2 Å².